The smallest absolute Gasteiger partial charge is 0.230 e. The summed E-state index contributed by atoms with van der Waals surface area (Å²) in [5, 5.41) is 0. The van der Waals surface area contributed by atoms with Gasteiger partial charge in [-0.25, -0.2) is 4.98 Å². The predicted octanol–water partition coefficient (Wildman–Crippen LogP) is 16.2. The first-order chi connectivity index (χ1) is 34.8. The monoisotopic (exact) mass is 1030 g/mol. The van der Waals surface area contributed by atoms with Gasteiger partial charge in [-0.3, -0.25) is 9.59 Å². The Hall–Kier alpha value is -5.26. The molecule has 0 saturated carbocycles. The quantitative estimate of drug-likeness (QED) is 0.152. The molecule has 2 heterocycles. The van der Waals surface area contributed by atoms with Crippen LogP contribution in [0, 0.1) is 6.92 Å². The molecule has 0 atom stereocenters. The van der Waals surface area contributed by atoms with Crippen LogP contribution in [-0.4, -0.2) is 123 Å². The van der Waals surface area contributed by atoms with Gasteiger partial charge in [0.1, 0.15) is 17.5 Å². The van der Waals surface area contributed by atoms with Gasteiger partial charge in [-0.1, -0.05) is 201 Å². The number of benzene rings is 2. The van der Waals surface area contributed by atoms with Gasteiger partial charge in [0.2, 0.25) is 23.7 Å². The fourth-order valence-electron chi connectivity index (χ4n) is 3.45. The highest BCUT2D eigenvalue weighted by atomic mass is 16.2. The van der Waals surface area contributed by atoms with Gasteiger partial charge in [-0.15, -0.1) is 0 Å². The van der Waals surface area contributed by atoms with Crippen LogP contribution in [0.3, 0.4) is 0 Å². The van der Waals surface area contributed by atoms with Crippen molar-refractivity contribution < 1.29 is 9.59 Å². The number of rotatable bonds is 10. The molecule has 0 bridgehead atoms. The van der Waals surface area contributed by atoms with Gasteiger partial charge in [-0.2, -0.15) is 15.0 Å². The van der Waals surface area contributed by atoms with Crippen molar-refractivity contribution in [2.24, 2.45) is 0 Å². The molecule has 428 valence electrons. The number of anilines is 4. The molecule has 0 fully saturated rings. The van der Waals surface area contributed by atoms with E-state index in [4.69, 9.17) is 0 Å². The van der Waals surface area contributed by atoms with Crippen molar-refractivity contribution in [3.8, 4) is 0 Å². The van der Waals surface area contributed by atoms with Crippen molar-refractivity contribution in [3.05, 3.63) is 96.8 Å². The lowest BCUT2D eigenvalue weighted by molar-refractivity contribution is -0.128. The minimum absolute atomic E-state index is 0.127. The van der Waals surface area contributed by atoms with Gasteiger partial charge in [0.25, 0.3) is 0 Å². The molecule has 0 unspecified atom stereocenters. The van der Waals surface area contributed by atoms with E-state index in [1.165, 1.54) is 25.7 Å². The van der Waals surface area contributed by atoms with Crippen LogP contribution in [-0.2, 0) is 9.59 Å². The van der Waals surface area contributed by atoms with Crippen LogP contribution in [0.5, 0.6) is 0 Å². The van der Waals surface area contributed by atoms with Crippen LogP contribution in [0.25, 0.3) is 0 Å². The SMILES string of the molecule is CC.CC.CC.CCC.CCC.CCC.CCC.CCN(C)C(C)=O.CCN(C)C(C)=O.CCN(C)c1cccc(N(C)CC)n1.CCN(C)c1nc(C)nc(N(C)CC)n1.c1ccccc1.c1ccccc1. The van der Waals surface area contributed by atoms with Crippen LogP contribution in [0.15, 0.2) is 91.0 Å². The number of amides is 2. The highest BCUT2D eigenvalue weighted by Crippen LogP contribution is 2.15. The molecular weight excluding hydrogens is 905 g/mol. The topological polar surface area (TPSA) is 105 Å². The predicted molar refractivity (Wildman–Crippen MR) is 333 cm³/mol. The number of carbonyl (C=O) groups is 2. The Balaban J connectivity index is -0.0000000927. The first-order valence-electron chi connectivity index (χ1n) is 27.8. The van der Waals surface area contributed by atoms with Crippen LogP contribution >= 0.6 is 0 Å². The molecule has 0 aliphatic heterocycles. The third-order valence-corrected chi connectivity index (χ3v) is 8.16. The molecule has 0 aliphatic rings. The second-order valence-electron chi connectivity index (χ2n) is 15.1. The molecule has 0 N–H and O–H groups in total. The van der Waals surface area contributed by atoms with Crippen molar-refractivity contribution in [1.29, 1.82) is 0 Å². The number of pyridine rings is 1. The molecule has 2 aromatic heterocycles. The summed E-state index contributed by atoms with van der Waals surface area (Å²) in [5.74, 6) is 4.55. The van der Waals surface area contributed by atoms with Crippen LogP contribution in [0.4, 0.5) is 23.5 Å². The van der Waals surface area contributed by atoms with Gasteiger partial charge in [0.05, 0.1) is 0 Å². The third kappa shape index (κ3) is 66.7. The normalized spacial score (nSPS) is 8.18. The first kappa shape index (κ1) is 87.4. The van der Waals surface area contributed by atoms with Gasteiger partial charge in [0.15, 0.2) is 0 Å². The molecule has 12 heteroatoms. The third-order valence-electron chi connectivity index (χ3n) is 8.16. The van der Waals surface area contributed by atoms with Crippen LogP contribution < -0.4 is 19.6 Å². The highest BCUT2D eigenvalue weighted by molar-refractivity contribution is 5.73. The lowest BCUT2D eigenvalue weighted by atomic mass is 10.4. The van der Waals surface area contributed by atoms with E-state index in [0.29, 0.717) is 0 Å². The molecule has 73 heavy (non-hydrogen) atoms. The van der Waals surface area contributed by atoms with Crippen molar-refractivity contribution in [2.75, 3.05) is 101 Å². The van der Waals surface area contributed by atoms with E-state index >= 15 is 0 Å². The van der Waals surface area contributed by atoms with Gasteiger partial charge < -0.3 is 29.4 Å². The van der Waals surface area contributed by atoms with Crippen molar-refractivity contribution in [1.82, 2.24) is 29.7 Å². The summed E-state index contributed by atoms with van der Waals surface area (Å²) >= 11 is 0. The summed E-state index contributed by atoms with van der Waals surface area (Å²) in [6.45, 7) is 51.6. The lowest BCUT2D eigenvalue weighted by Gasteiger charge is -2.20. The molecule has 4 aromatic rings. The number of hydrogen-bond acceptors (Lipinski definition) is 10. The fraction of sp³-hybridized carbons (Fsp3) is 0.639. The Bertz CT molecular complexity index is 1420. The van der Waals surface area contributed by atoms with Crippen LogP contribution in [0.1, 0.15) is 184 Å². The van der Waals surface area contributed by atoms with E-state index in [1.54, 1.807) is 37.7 Å². The maximum absolute atomic E-state index is 10.3. The summed E-state index contributed by atoms with van der Waals surface area (Å²) in [6, 6.07) is 30.1. The summed E-state index contributed by atoms with van der Waals surface area (Å²) in [7, 11) is 11.6. The zero-order valence-corrected chi connectivity index (χ0v) is 53.5. The second kappa shape index (κ2) is 73.3. The summed E-state index contributed by atoms with van der Waals surface area (Å²) in [4.78, 5) is 49.7. The average Bonchev–Trinajstić information content (AvgIpc) is 3.43. The Morgan fingerprint density at radius 1 is 0.342 bits per heavy atom. The Kier molecular flexibility index (Phi) is 87.8. The van der Waals surface area contributed by atoms with Crippen molar-refractivity contribution >= 4 is 35.3 Å². The minimum atomic E-state index is 0.127. The largest absolute Gasteiger partial charge is 0.360 e. The van der Waals surface area contributed by atoms with E-state index in [9.17, 15) is 9.59 Å². The Morgan fingerprint density at radius 2 is 0.548 bits per heavy atom. The maximum Gasteiger partial charge on any atom is 0.230 e. The summed E-state index contributed by atoms with van der Waals surface area (Å²) in [6.07, 6.45) is 5.00. The molecule has 2 amide bonds. The zero-order chi connectivity index (χ0) is 59.0. The van der Waals surface area contributed by atoms with E-state index in [-0.39, 0.29) is 11.8 Å². The number of carbonyl (C=O) groups excluding carboxylic acids is 2. The summed E-state index contributed by atoms with van der Waals surface area (Å²) in [5.41, 5.74) is 0. The van der Waals surface area contributed by atoms with Crippen molar-refractivity contribution in [3.63, 3.8) is 0 Å². The highest BCUT2D eigenvalue weighted by Gasteiger charge is 2.09. The number of nitrogens with zero attached hydrogens (tertiary/aromatic N) is 10. The number of hydrogen-bond donors (Lipinski definition) is 0. The van der Waals surface area contributed by atoms with E-state index in [0.717, 1.165) is 68.6 Å². The van der Waals surface area contributed by atoms with E-state index in [2.05, 4.69) is 133 Å². The number of aromatic nitrogens is 4. The van der Waals surface area contributed by atoms with Gasteiger partial charge in [0, 0.05) is 95.4 Å². The molecular formula is C61H122N10O2. The van der Waals surface area contributed by atoms with E-state index in [1.807, 2.05) is 171 Å². The Labute approximate surface area is 455 Å². The molecule has 0 radical (unpaired) electrons. The Morgan fingerprint density at radius 3 is 0.699 bits per heavy atom. The average molecular weight is 1030 g/mol. The molecule has 0 saturated heterocycles. The lowest BCUT2D eigenvalue weighted by Crippen LogP contribution is -2.24. The van der Waals surface area contributed by atoms with Gasteiger partial charge in [-0.05, 0) is 60.6 Å². The molecule has 4 rings (SSSR count). The van der Waals surface area contributed by atoms with E-state index < -0.39 is 0 Å². The molecule has 0 spiro atoms. The van der Waals surface area contributed by atoms with Crippen molar-refractivity contribution in [2.45, 2.75) is 185 Å². The minimum Gasteiger partial charge on any atom is -0.360 e. The molecule has 12 nitrogen and oxygen atoms in total. The van der Waals surface area contributed by atoms with Gasteiger partial charge >= 0.3 is 0 Å². The fourth-order valence-corrected chi connectivity index (χ4v) is 3.45. The second-order valence-corrected chi connectivity index (χ2v) is 15.1. The molecule has 0 aliphatic carbocycles. The molecule has 2 aromatic carbocycles. The number of aryl methyl sites for hydroxylation is 1. The first-order valence-corrected chi connectivity index (χ1v) is 27.8. The summed E-state index contributed by atoms with van der Waals surface area (Å²) < 4.78 is 0. The van der Waals surface area contributed by atoms with Crippen LogP contribution in [0.2, 0.25) is 0 Å². The standard InChI is InChI=1S/C11H19N3.C10H19N5.2C6H6.2C5H11NO.4C3H8.3C2H6/c1-5-13(3)10-8-7-9-11(12-10)14(4)6-2;1-6-14(4)9-11-8(3)12-10(13-9)15(5)7-2;2*1-2-4-6-5-3-1;2*1-4-6(3)5(2)7;4*1-3-2;3*1-2/h7-9H,5-6H2,1-4H3;6-7H2,1-5H3;2*1-6H;2*4H2,1-3H3;4*3H2,1-2H3;3*1-2H3. The maximum atomic E-state index is 10.3. The zero-order valence-electron chi connectivity index (χ0n) is 53.5.